The number of nitrogens with one attached hydrogen (secondary N) is 3. The summed E-state index contributed by atoms with van der Waals surface area (Å²) in [4.78, 5) is 39.2. The standard InChI is InChI=1S/C21H24ClFN6O3S/c1-11(8-25-20(31)32-21(2,3)4)26-17-16-18(27-14(30)9-24-16)29-19(28-17)33-10-12-6-5-7-13(22)15(12)23/h5-7,9,11H,8,10H2,1-4H3,(H,25,31)(H2,26,27,28,29,30)/t11-/m1/s1. The lowest BCUT2D eigenvalue weighted by molar-refractivity contribution is 0.0526. The van der Waals surface area contributed by atoms with Gasteiger partial charge in [0.1, 0.15) is 16.9 Å². The molecule has 0 saturated heterocycles. The van der Waals surface area contributed by atoms with Gasteiger partial charge in [0.25, 0.3) is 5.56 Å². The molecule has 3 N–H and O–H groups in total. The van der Waals surface area contributed by atoms with Crippen LogP contribution in [0.25, 0.3) is 11.2 Å². The zero-order valence-corrected chi connectivity index (χ0v) is 20.1. The van der Waals surface area contributed by atoms with E-state index in [0.717, 1.165) is 6.20 Å². The molecule has 0 unspecified atom stereocenters. The van der Waals surface area contributed by atoms with Gasteiger partial charge in [-0.1, -0.05) is 35.5 Å². The molecule has 2 aromatic heterocycles. The number of carbonyl (C=O) groups is 1. The van der Waals surface area contributed by atoms with Crippen molar-refractivity contribution in [2.45, 2.75) is 50.2 Å². The summed E-state index contributed by atoms with van der Waals surface area (Å²) in [7, 11) is 0. The largest absolute Gasteiger partial charge is 0.444 e. The lowest BCUT2D eigenvalue weighted by Gasteiger charge is -2.21. The van der Waals surface area contributed by atoms with Crippen LogP contribution in [0.5, 0.6) is 0 Å². The Kier molecular flexibility index (Phi) is 7.75. The average molecular weight is 495 g/mol. The van der Waals surface area contributed by atoms with Crippen LogP contribution in [0, 0.1) is 5.82 Å². The minimum Gasteiger partial charge on any atom is -0.444 e. The van der Waals surface area contributed by atoms with Crippen molar-refractivity contribution in [1.82, 2.24) is 25.3 Å². The Morgan fingerprint density at radius 3 is 2.82 bits per heavy atom. The number of thioether (sulfide) groups is 1. The number of H-pyrrole nitrogens is 1. The molecule has 0 fully saturated rings. The summed E-state index contributed by atoms with van der Waals surface area (Å²) in [6.45, 7) is 7.43. The van der Waals surface area contributed by atoms with Crippen molar-refractivity contribution in [2.75, 3.05) is 11.9 Å². The Morgan fingerprint density at radius 2 is 2.09 bits per heavy atom. The summed E-state index contributed by atoms with van der Waals surface area (Å²) in [6.07, 6.45) is 0.597. The van der Waals surface area contributed by atoms with E-state index in [1.165, 1.54) is 17.8 Å². The van der Waals surface area contributed by atoms with Crippen LogP contribution in [0.4, 0.5) is 15.0 Å². The van der Waals surface area contributed by atoms with Crippen molar-refractivity contribution in [3.05, 3.63) is 51.2 Å². The van der Waals surface area contributed by atoms with E-state index < -0.39 is 23.1 Å². The first-order valence-electron chi connectivity index (χ1n) is 10.1. The Morgan fingerprint density at radius 1 is 1.33 bits per heavy atom. The van der Waals surface area contributed by atoms with E-state index >= 15 is 0 Å². The van der Waals surface area contributed by atoms with Crippen molar-refractivity contribution in [3.8, 4) is 0 Å². The fourth-order valence-electron chi connectivity index (χ4n) is 2.72. The molecular formula is C21H24ClFN6O3S. The van der Waals surface area contributed by atoms with Crippen molar-refractivity contribution < 1.29 is 13.9 Å². The fraction of sp³-hybridized carbons (Fsp3) is 0.381. The minimum atomic E-state index is -0.603. The van der Waals surface area contributed by atoms with Crippen LogP contribution < -0.4 is 16.2 Å². The second-order valence-electron chi connectivity index (χ2n) is 8.23. The first-order valence-corrected chi connectivity index (χ1v) is 11.4. The number of rotatable bonds is 7. The summed E-state index contributed by atoms with van der Waals surface area (Å²) in [5.41, 5.74) is -0.0177. The lowest BCUT2D eigenvalue weighted by atomic mass is 10.2. The molecule has 1 amide bonds. The van der Waals surface area contributed by atoms with Gasteiger partial charge in [-0.2, -0.15) is 0 Å². The molecule has 1 atom stereocenters. The zero-order chi connectivity index (χ0) is 24.2. The quantitative estimate of drug-likeness (QED) is 0.331. The molecule has 2 heterocycles. The van der Waals surface area contributed by atoms with Crippen molar-refractivity contribution >= 4 is 46.4 Å². The predicted molar refractivity (Wildman–Crippen MR) is 126 cm³/mol. The van der Waals surface area contributed by atoms with Gasteiger partial charge < -0.3 is 20.4 Å². The molecule has 0 aliphatic carbocycles. The van der Waals surface area contributed by atoms with Gasteiger partial charge in [0.15, 0.2) is 16.6 Å². The third-order valence-corrected chi connectivity index (χ3v) is 5.33. The second kappa shape index (κ2) is 10.3. The van der Waals surface area contributed by atoms with Gasteiger partial charge in [-0.3, -0.25) is 4.79 Å². The molecule has 0 aliphatic rings. The van der Waals surface area contributed by atoms with Crippen LogP contribution in [0.15, 0.2) is 34.3 Å². The number of carbonyl (C=O) groups excluding carboxylic acids is 1. The number of anilines is 1. The summed E-state index contributed by atoms with van der Waals surface area (Å²) < 4.78 is 19.4. The Hall–Kier alpha value is -2.92. The highest BCUT2D eigenvalue weighted by atomic mass is 35.5. The van der Waals surface area contributed by atoms with Crippen LogP contribution in [0.2, 0.25) is 5.02 Å². The molecular weight excluding hydrogens is 471 g/mol. The molecule has 9 nitrogen and oxygen atoms in total. The molecule has 33 heavy (non-hydrogen) atoms. The summed E-state index contributed by atoms with van der Waals surface area (Å²) in [6, 6.07) is 4.51. The van der Waals surface area contributed by atoms with E-state index in [1.54, 1.807) is 32.9 Å². The first kappa shape index (κ1) is 24.7. The molecule has 1 aromatic carbocycles. The maximum absolute atomic E-state index is 14.2. The molecule has 3 rings (SSSR count). The van der Waals surface area contributed by atoms with E-state index in [4.69, 9.17) is 16.3 Å². The SMILES string of the molecule is C[C@H](CNC(=O)OC(C)(C)C)Nc1nc(SCc2cccc(Cl)c2F)nc2[nH]c(=O)cnc12. The van der Waals surface area contributed by atoms with Crippen LogP contribution in [-0.4, -0.2) is 44.2 Å². The van der Waals surface area contributed by atoms with E-state index in [2.05, 4.69) is 30.6 Å². The molecule has 0 spiro atoms. The van der Waals surface area contributed by atoms with E-state index in [-0.39, 0.29) is 29.0 Å². The molecule has 0 bridgehead atoms. The smallest absolute Gasteiger partial charge is 0.407 e. The number of hydrogen-bond acceptors (Lipinski definition) is 8. The highest BCUT2D eigenvalue weighted by molar-refractivity contribution is 7.98. The molecule has 3 aromatic rings. The topological polar surface area (TPSA) is 122 Å². The van der Waals surface area contributed by atoms with Gasteiger partial charge >= 0.3 is 6.09 Å². The fourth-order valence-corrected chi connectivity index (χ4v) is 3.73. The highest BCUT2D eigenvalue weighted by Crippen LogP contribution is 2.27. The Labute approximate surface area is 198 Å². The molecule has 0 saturated carbocycles. The maximum atomic E-state index is 14.2. The second-order valence-corrected chi connectivity index (χ2v) is 9.58. The maximum Gasteiger partial charge on any atom is 0.407 e. The van der Waals surface area contributed by atoms with E-state index in [0.29, 0.717) is 22.1 Å². The van der Waals surface area contributed by atoms with E-state index in [1.807, 2.05) is 6.92 Å². The minimum absolute atomic E-state index is 0.0368. The van der Waals surface area contributed by atoms with Crippen LogP contribution in [0.3, 0.4) is 0 Å². The number of ether oxygens (including phenoxy) is 1. The number of benzene rings is 1. The van der Waals surface area contributed by atoms with Gasteiger partial charge in [0, 0.05) is 18.3 Å². The number of aromatic nitrogens is 4. The van der Waals surface area contributed by atoms with Gasteiger partial charge in [-0.05, 0) is 39.3 Å². The van der Waals surface area contributed by atoms with Gasteiger partial charge in [0.05, 0.1) is 11.2 Å². The Bertz CT molecular complexity index is 1220. The lowest BCUT2D eigenvalue weighted by Crippen LogP contribution is -2.38. The van der Waals surface area contributed by atoms with Crippen molar-refractivity contribution in [3.63, 3.8) is 0 Å². The number of alkyl carbamates (subject to hydrolysis) is 1. The summed E-state index contributed by atoms with van der Waals surface area (Å²) in [5.74, 6) is 0.101. The number of aromatic amines is 1. The predicted octanol–water partition coefficient (Wildman–Crippen LogP) is 4.12. The average Bonchev–Trinajstić information content (AvgIpc) is 2.72. The summed E-state index contributed by atoms with van der Waals surface area (Å²) >= 11 is 7.03. The van der Waals surface area contributed by atoms with E-state index in [9.17, 15) is 14.0 Å². The number of halogens is 2. The van der Waals surface area contributed by atoms with Crippen LogP contribution >= 0.6 is 23.4 Å². The first-order chi connectivity index (χ1) is 15.5. The van der Waals surface area contributed by atoms with Gasteiger partial charge in [0.2, 0.25) is 0 Å². The number of nitrogens with zero attached hydrogens (tertiary/aromatic N) is 3. The summed E-state index contributed by atoms with van der Waals surface area (Å²) in [5, 5.41) is 6.19. The third kappa shape index (κ3) is 7.03. The number of amides is 1. The van der Waals surface area contributed by atoms with Crippen LogP contribution in [-0.2, 0) is 10.5 Å². The molecule has 0 aliphatic heterocycles. The Balaban J connectivity index is 1.78. The monoisotopic (exact) mass is 494 g/mol. The molecule has 12 heteroatoms. The van der Waals surface area contributed by atoms with Gasteiger partial charge in [-0.15, -0.1) is 0 Å². The number of fused-ring (bicyclic) bond motifs is 1. The zero-order valence-electron chi connectivity index (χ0n) is 18.5. The highest BCUT2D eigenvalue weighted by Gasteiger charge is 2.18. The van der Waals surface area contributed by atoms with Crippen LogP contribution in [0.1, 0.15) is 33.3 Å². The molecule has 0 radical (unpaired) electrons. The van der Waals surface area contributed by atoms with Crippen molar-refractivity contribution in [1.29, 1.82) is 0 Å². The third-order valence-electron chi connectivity index (χ3n) is 4.14. The molecule has 176 valence electrons. The number of hydrogen-bond donors (Lipinski definition) is 3. The van der Waals surface area contributed by atoms with Gasteiger partial charge in [-0.25, -0.2) is 24.1 Å². The normalized spacial score (nSPS) is 12.4. The van der Waals surface area contributed by atoms with Crippen molar-refractivity contribution in [2.24, 2.45) is 0 Å².